The molecule has 0 unspecified atom stereocenters. The lowest BCUT2D eigenvalue weighted by Crippen LogP contribution is -2.38. The second-order valence-electron chi connectivity index (χ2n) is 6.52. The lowest BCUT2D eigenvalue weighted by atomic mass is 9.91. The van der Waals surface area contributed by atoms with E-state index in [0.717, 1.165) is 19.5 Å². The van der Waals surface area contributed by atoms with Crippen molar-refractivity contribution >= 4 is 11.0 Å². The minimum absolute atomic E-state index is 0.308. The summed E-state index contributed by atoms with van der Waals surface area (Å²) < 4.78 is 39.9. The molecule has 6 heteroatoms. The van der Waals surface area contributed by atoms with Gasteiger partial charge in [0.2, 0.25) is 0 Å². The zero-order chi connectivity index (χ0) is 15.9. The number of aromatic nitrogens is 2. The van der Waals surface area contributed by atoms with E-state index in [1.54, 1.807) is 12.1 Å². The van der Waals surface area contributed by atoms with E-state index >= 15 is 0 Å². The number of hydrogen-bond acceptors (Lipinski definition) is 2. The smallest absolute Gasteiger partial charge is 0.335 e. The van der Waals surface area contributed by atoms with E-state index in [4.69, 9.17) is 0 Å². The van der Waals surface area contributed by atoms with Crippen molar-refractivity contribution in [3.05, 3.63) is 29.6 Å². The summed E-state index contributed by atoms with van der Waals surface area (Å²) in [7, 11) is 0. The minimum atomic E-state index is -4.39. The summed E-state index contributed by atoms with van der Waals surface area (Å²) in [6.07, 6.45) is -1.74. The van der Waals surface area contributed by atoms with Crippen molar-refractivity contribution in [2.75, 3.05) is 13.1 Å². The SMILES string of the molecule is C[C@H]1C[C@H](C)CN(Cc2c(C(F)(F)F)[nH]c3ncccc23)C1. The maximum Gasteiger partial charge on any atom is 0.431 e. The van der Waals surface area contributed by atoms with Gasteiger partial charge in [0, 0.05) is 36.8 Å². The Kier molecular flexibility index (Phi) is 3.89. The van der Waals surface area contributed by atoms with Crippen LogP contribution in [0.4, 0.5) is 13.2 Å². The third-order valence-electron chi connectivity index (χ3n) is 4.29. The van der Waals surface area contributed by atoms with Gasteiger partial charge in [0.25, 0.3) is 0 Å². The van der Waals surface area contributed by atoms with Crippen LogP contribution in [-0.2, 0) is 12.7 Å². The molecule has 2 aromatic rings. The summed E-state index contributed by atoms with van der Waals surface area (Å²) in [5.74, 6) is 1.03. The van der Waals surface area contributed by atoms with Crippen molar-refractivity contribution in [1.82, 2.24) is 14.9 Å². The first-order valence-corrected chi connectivity index (χ1v) is 7.59. The lowest BCUT2D eigenvalue weighted by molar-refractivity contribution is -0.141. The van der Waals surface area contributed by atoms with Crippen LogP contribution in [0.5, 0.6) is 0 Å². The molecule has 120 valence electrons. The van der Waals surface area contributed by atoms with Gasteiger partial charge < -0.3 is 4.98 Å². The molecule has 3 rings (SSSR count). The molecular formula is C16H20F3N3. The number of fused-ring (bicyclic) bond motifs is 1. The van der Waals surface area contributed by atoms with Gasteiger partial charge in [-0.2, -0.15) is 13.2 Å². The topological polar surface area (TPSA) is 31.9 Å². The predicted molar refractivity (Wildman–Crippen MR) is 79.3 cm³/mol. The van der Waals surface area contributed by atoms with E-state index in [1.807, 2.05) is 0 Å². The fraction of sp³-hybridized carbons (Fsp3) is 0.562. The van der Waals surface area contributed by atoms with Gasteiger partial charge in [-0.05, 0) is 30.4 Å². The highest BCUT2D eigenvalue weighted by molar-refractivity contribution is 5.81. The van der Waals surface area contributed by atoms with Crippen LogP contribution in [0.1, 0.15) is 31.5 Å². The molecule has 1 fully saturated rings. The summed E-state index contributed by atoms with van der Waals surface area (Å²) in [5.41, 5.74) is -0.0353. The summed E-state index contributed by atoms with van der Waals surface area (Å²) in [6.45, 7) is 6.31. The summed E-state index contributed by atoms with van der Waals surface area (Å²) in [5, 5.41) is 0.570. The third-order valence-corrected chi connectivity index (χ3v) is 4.29. The molecule has 0 bridgehead atoms. The normalized spacial score (nSPS) is 24.0. The highest BCUT2D eigenvalue weighted by Crippen LogP contribution is 2.36. The number of piperidine rings is 1. The number of nitrogens with one attached hydrogen (secondary N) is 1. The van der Waals surface area contributed by atoms with E-state index in [2.05, 4.69) is 28.7 Å². The third kappa shape index (κ3) is 2.97. The van der Waals surface area contributed by atoms with E-state index < -0.39 is 11.9 Å². The van der Waals surface area contributed by atoms with Crippen LogP contribution in [-0.4, -0.2) is 28.0 Å². The first-order chi connectivity index (χ1) is 10.3. The van der Waals surface area contributed by atoms with E-state index in [1.165, 1.54) is 6.20 Å². The molecule has 0 radical (unpaired) electrons. The maximum absolute atomic E-state index is 13.3. The Labute approximate surface area is 127 Å². The van der Waals surface area contributed by atoms with Crippen LogP contribution in [0.15, 0.2) is 18.3 Å². The zero-order valence-corrected chi connectivity index (χ0v) is 12.7. The van der Waals surface area contributed by atoms with Crippen molar-refractivity contribution in [3.63, 3.8) is 0 Å². The van der Waals surface area contributed by atoms with E-state index in [0.29, 0.717) is 35.0 Å². The molecule has 0 spiro atoms. The molecule has 1 saturated heterocycles. The van der Waals surface area contributed by atoms with Crippen molar-refractivity contribution in [2.24, 2.45) is 11.8 Å². The van der Waals surface area contributed by atoms with Gasteiger partial charge in [0.15, 0.2) is 0 Å². The molecule has 3 heterocycles. The van der Waals surface area contributed by atoms with Crippen LogP contribution in [0.25, 0.3) is 11.0 Å². The summed E-state index contributed by atoms with van der Waals surface area (Å²) in [6, 6.07) is 3.39. The van der Waals surface area contributed by atoms with Crippen molar-refractivity contribution in [1.29, 1.82) is 0 Å². The number of aromatic amines is 1. The Morgan fingerprint density at radius 2 is 1.95 bits per heavy atom. The molecule has 1 aliphatic heterocycles. The van der Waals surface area contributed by atoms with Crippen molar-refractivity contribution < 1.29 is 13.2 Å². The maximum atomic E-state index is 13.3. The second kappa shape index (κ2) is 5.57. The summed E-state index contributed by atoms with van der Waals surface area (Å²) >= 11 is 0. The van der Waals surface area contributed by atoms with Crippen LogP contribution >= 0.6 is 0 Å². The Hall–Kier alpha value is -1.56. The molecule has 0 aliphatic carbocycles. The number of nitrogens with zero attached hydrogens (tertiary/aromatic N) is 2. The molecular weight excluding hydrogens is 291 g/mol. The summed E-state index contributed by atoms with van der Waals surface area (Å²) in [4.78, 5) is 8.61. The van der Waals surface area contributed by atoms with Crippen LogP contribution in [0, 0.1) is 11.8 Å². The predicted octanol–water partition coefficient (Wildman–Crippen LogP) is 4.06. The Bertz CT molecular complexity index is 652. The fourth-order valence-corrected chi connectivity index (χ4v) is 3.63. The van der Waals surface area contributed by atoms with E-state index in [9.17, 15) is 13.2 Å². The molecule has 1 aliphatic rings. The Balaban J connectivity index is 1.98. The minimum Gasteiger partial charge on any atom is -0.335 e. The Morgan fingerprint density at radius 1 is 1.27 bits per heavy atom. The van der Waals surface area contributed by atoms with Gasteiger partial charge in [0.05, 0.1) is 0 Å². The number of rotatable bonds is 2. The highest BCUT2D eigenvalue weighted by atomic mass is 19.4. The monoisotopic (exact) mass is 311 g/mol. The van der Waals surface area contributed by atoms with Gasteiger partial charge in [-0.25, -0.2) is 4.98 Å². The molecule has 3 nitrogen and oxygen atoms in total. The number of H-pyrrole nitrogens is 1. The van der Waals surface area contributed by atoms with Gasteiger partial charge in [0.1, 0.15) is 11.3 Å². The van der Waals surface area contributed by atoms with Crippen LogP contribution < -0.4 is 0 Å². The number of hydrogen-bond donors (Lipinski definition) is 1. The number of halogens is 3. The quantitative estimate of drug-likeness (QED) is 0.907. The average Bonchev–Trinajstić information content (AvgIpc) is 2.77. The van der Waals surface area contributed by atoms with E-state index in [-0.39, 0.29) is 0 Å². The molecule has 2 aromatic heterocycles. The largest absolute Gasteiger partial charge is 0.431 e. The molecule has 2 atom stereocenters. The van der Waals surface area contributed by atoms with Gasteiger partial charge in [-0.1, -0.05) is 13.8 Å². The second-order valence-corrected chi connectivity index (χ2v) is 6.52. The average molecular weight is 311 g/mol. The van der Waals surface area contributed by atoms with Gasteiger partial charge in [-0.3, -0.25) is 4.90 Å². The fourth-order valence-electron chi connectivity index (χ4n) is 3.63. The highest BCUT2D eigenvalue weighted by Gasteiger charge is 2.37. The molecule has 1 N–H and O–H groups in total. The first-order valence-electron chi connectivity index (χ1n) is 7.59. The lowest BCUT2D eigenvalue weighted by Gasteiger charge is -2.35. The van der Waals surface area contributed by atoms with Crippen LogP contribution in [0.2, 0.25) is 0 Å². The molecule has 0 amide bonds. The standard InChI is InChI=1S/C16H20F3N3/c1-10-6-11(2)8-22(7-10)9-13-12-4-3-5-20-15(12)21-14(13)16(17,18)19/h3-5,10-11H,6-9H2,1-2H3,(H,20,21)/t10-,11-/m0/s1. The number of alkyl halides is 3. The van der Waals surface area contributed by atoms with Gasteiger partial charge in [-0.15, -0.1) is 0 Å². The molecule has 0 aromatic carbocycles. The molecule has 0 saturated carbocycles. The van der Waals surface area contributed by atoms with Gasteiger partial charge >= 0.3 is 6.18 Å². The van der Waals surface area contributed by atoms with Crippen LogP contribution in [0.3, 0.4) is 0 Å². The Morgan fingerprint density at radius 3 is 2.59 bits per heavy atom. The van der Waals surface area contributed by atoms with Crippen molar-refractivity contribution in [2.45, 2.75) is 33.0 Å². The first kappa shape index (κ1) is 15.3. The zero-order valence-electron chi connectivity index (χ0n) is 12.7. The number of pyridine rings is 1. The van der Waals surface area contributed by atoms with Crippen molar-refractivity contribution in [3.8, 4) is 0 Å². The number of likely N-dealkylation sites (tertiary alicyclic amines) is 1. The molecule has 22 heavy (non-hydrogen) atoms.